The standard InChI is InChI=1S/2C15H22Cl2NP.2C14H20Cl2NP.2C12H16Cl2NP.C11H13Cl2FNP.C11H14Cl2NP/c1-15(2,3)12-8-7-9-13(14(12)19(16)17)18-10-5-4-6-11-18;1-15(2,3)12-7-8-14(19(16)17)13(11-12)18-9-5-4-6-10-18;1-11(2)12-7-6-8-13(14(12)18(15)16)17-9-4-3-5-10-17;1-11(2)12-6-7-14(18(15)16)13(10-12)17-8-4-3-5-9-17;1-10-6-5-7-11(12(10)16(13)14)15-8-3-2-4-9-15;1-10-5-6-12(16(13)14)11(9-10)15-7-3-2-4-8-15;12-16(13)11-5-4-9(14)8-10(11)15-6-2-1-3-7-15;12-15(13)11-7-3-2-6-10(11)14-8-4-1-5-9-14/h7-9H,4-6,10-11H2,1-3H3;7-8,11H,4-6,9-10H2,1-3H3;6-8,11H,3-5,9-10H2,1-2H3;6-7,10-11H,3-5,8-9H2,1-2H3;5-7H,2-4,8-9H2,1H3;5-6,9H,2-4,7-8H2,1H3;4-5,8H,1-3,6-7H2;2-3,6-7H,1,4-5,8-9H2. The van der Waals surface area contributed by atoms with Crippen molar-refractivity contribution < 1.29 is 4.39 Å². The number of piperidine rings is 8. The smallest absolute Gasteiger partial charge is 0.125 e. The monoisotopic (exact) mass is 2330 g/mol. The highest BCUT2D eigenvalue weighted by atomic mass is 35.9. The normalized spacial score (nSPS) is 16.9. The van der Waals surface area contributed by atoms with Crippen molar-refractivity contribution >= 4 is 321 Å². The minimum Gasteiger partial charge on any atom is -0.371 e. The number of halogens is 17. The van der Waals surface area contributed by atoms with E-state index < -0.39 is 53.0 Å². The van der Waals surface area contributed by atoms with E-state index in [4.69, 9.17) is 180 Å². The Balaban J connectivity index is 0.000000176. The number of benzene rings is 8. The first kappa shape index (κ1) is 121. The van der Waals surface area contributed by atoms with E-state index >= 15 is 0 Å². The molecule has 0 amide bonds. The molecule has 8 heterocycles. The number of hydrogen-bond acceptors (Lipinski definition) is 8. The number of aryl methyl sites for hydroxylation is 2. The third kappa shape index (κ3) is 38.2. The van der Waals surface area contributed by atoms with Gasteiger partial charge >= 0.3 is 0 Å². The lowest BCUT2D eigenvalue weighted by Crippen LogP contribution is -2.34. The van der Waals surface area contributed by atoms with E-state index in [1.807, 2.05) is 12.1 Å². The summed E-state index contributed by atoms with van der Waals surface area (Å²) in [5.74, 6) is 0.779. The lowest BCUT2D eigenvalue weighted by atomic mass is 9.86. The Morgan fingerprint density at radius 2 is 0.540 bits per heavy atom. The fourth-order valence-electron chi connectivity index (χ4n) is 18.7. The summed E-state index contributed by atoms with van der Waals surface area (Å²) < 4.78 is 13.3. The molecule has 0 spiro atoms. The maximum atomic E-state index is 13.3. The molecule has 8 fully saturated rings. The molecule has 0 radical (unpaired) electrons. The third-order valence-electron chi connectivity index (χ3n) is 26.2. The van der Waals surface area contributed by atoms with E-state index in [2.05, 4.69) is 244 Å². The number of anilines is 8. The third-order valence-corrected chi connectivity index (χ3v) is 40.9. The van der Waals surface area contributed by atoms with Gasteiger partial charge in [-0.2, -0.15) is 0 Å². The molecule has 8 saturated heterocycles. The molecule has 8 nitrogen and oxygen atoms in total. The van der Waals surface area contributed by atoms with Crippen LogP contribution in [0.1, 0.15) is 269 Å². The largest absolute Gasteiger partial charge is 0.371 e. The maximum Gasteiger partial charge on any atom is 0.125 e. The number of nitrogens with zero attached hydrogens (tertiary/aromatic N) is 8. The van der Waals surface area contributed by atoms with Crippen molar-refractivity contribution in [3.8, 4) is 0 Å². The molecule has 0 aliphatic carbocycles. The minimum atomic E-state index is -1.22. The average molecular weight is 2340 g/mol. The molecular formula is C104H143Cl16FN8P8. The van der Waals surface area contributed by atoms with E-state index in [0.717, 1.165) is 160 Å². The summed E-state index contributed by atoms with van der Waals surface area (Å²) in [6.07, 6.45) is 30.7. The highest BCUT2D eigenvalue weighted by molar-refractivity contribution is 8.11. The molecule has 8 aromatic carbocycles. The van der Waals surface area contributed by atoms with Gasteiger partial charge in [-0.1, -0.05) is 322 Å². The van der Waals surface area contributed by atoms with Crippen molar-refractivity contribution in [2.24, 2.45) is 0 Å². The van der Waals surface area contributed by atoms with E-state index in [0.29, 0.717) is 11.8 Å². The molecule has 8 aliphatic rings. The van der Waals surface area contributed by atoms with Crippen molar-refractivity contribution in [3.63, 3.8) is 0 Å². The number of hydrogen-bond donors (Lipinski definition) is 0. The first-order chi connectivity index (χ1) is 65.4. The van der Waals surface area contributed by atoms with Gasteiger partial charge in [-0.05, 0) is 303 Å². The van der Waals surface area contributed by atoms with Gasteiger partial charge < -0.3 is 39.2 Å². The Bertz CT molecular complexity index is 4770. The maximum absolute atomic E-state index is 13.3. The average Bonchev–Trinajstić information content (AvgIpc) is 0.773. The van der Waals surface area contributed by atoms with Crippen LogP contribution in [0.25, 0.3) is 0 Å². The lowest BCUT2D eigenvalue weighted by Gasteiger charge is -2.33. The van der Waals surface area contributed by atoms with Crippen LogP contribution in [-0.2, 0) is 10.8 Å². The summed E-state index contributed by atoms with van der Waals surface area (Å²) >= 11 is 98.4. The molecule has 33 heteroatoms. The van der Waals surface area contributed by atoms with Gasteiger partial charge in [-0.25, -0.2) is 4.39 Å². The molecule has 137 heavy (non-hydrogen) atoms. The van der Waals surface area contributed by atoms with E-state index in [-0.39, 0.29) is 16.6 Å². The molecule has 16 rings (SSSR count). The Labute approximate surface area is 910 Å². The second-order valence-corrected chi connectivity index (χ2v) is 66.8. The SMILES string of the molecule is CC(C)(C)c1ccc(P(Cl)Cl)c(N2CCCCC2)c1.CC(C)(C)c1cccc(N2CCCCC2)c1P(Cl)Cl.CC(C)c1ccc(P(Cl)Cl)c(N2CCCCC2)c1.CC(C)c1cccc(N2CCCCC2)c1P(Cl)Cl.Cc1ccc(P(Cl)Cl)c(N2CCCCC2)c1.Cc1cccc(N2CCCCC2)c1P(Cl)Cl.ClP(Cl)c1ccccc1N1CCCCC1.Fc1ccc(P(Cl)Cl)c(N2CCCCC2)c1. The van der Waals surface area contributed by atoms with E-state index in [9.17, 15) is 4.39 Å². The molecule has 0 aromatic heterocycles. The molecule has 0 N–H and O–H groups in total. The van der Waals surface area contributed by atoms with Gasteiger partial charge in [0.1, 0.15) is 58.8 Å². The van der Waals surface area contributed by atoms with Crippen LogP contribution in [0.5, 0.6) is 0 Å². The van der Waals surface area contributed by atoms with Crippen molar-refractivity contribution in [2.45, 2.75) is 260 Å². The van der Waals surface area contributed by atoms with Crippen molar-refractivity contribution in [1.82, 2.24) is 0 Å². The lowest BCUT2D eigenvalue weighted by molar-refractivity contribution is 0.573. The topological polar surface area (TPSA) is 25.9 Å². The minimum absolute atomic E-state index is 0.0749. The molecule has 0 atom stereocenters. The van der Waals surface area contributed by atoms with Crippen molar-refractivity contribution in [3.05, 3.63) is 191 Å². The van der Waals surface area contributed by atoms with Crippen LogP contribution in [0, 0.1) is 19.7 Å². The quantitative estimate of drug-likeness (QED) is 0.0784. The number of para-hydroxylation sites is 1. The van der Waals surface area contributed by atoms with Crippen LogP contribution < -0.4 is 81.6 Å². The van der Waals surface area contributed by atoms with Gasteiger partial charge in [0, 0.05) is 193 Å². The molecule has 758 valence electrons. The van der Waals surface area contributed by atoms with E-state index in [1.165, 1.54) is 226 Å². The van der Waals surface area contributed by atoms with Crippen molar-refractivity contribution in [2.75, 3.05) is 144 Å². The second kappa shape index (κ2) is 62.1. The molecule has 0 unspecified atom stereocenters. The summed E-state index contributed by atoms with van der Waals surface area (Å²) in [4.78, 5) is 19.2. The van der Waals surface area contributed by atoms with Gasteiger partial charge in [0.2, 0.25) is 0 Å². The Kier molecular flexibility index (Phi) is 54.7. The Morgan fingerprint density at radius 1 is 0.248 bits per heavy atom. The van der Waals surface area contributed by atoms with Gasteiger partial charge in [0.25, 0.3) is 0 Å². The van der Waals surface area contributed by atoms with Gasteiger partial charge in [-0.15, -0.1) is 0 Å². The molecule has 0 saturated carbocycles. The summed E-state index contributed by atoms with van der Waals surface area (Å²) in [5, 5.41) is 8.75. The van der Waals surface area contributed by atoms with Crippen LogP contribution in [0.4, 0.5) is 49.9 Å². The van der Waals surface area contributed by atoms with Crippen LogP contribution >= 0.6 is 233 Å². The highest BCUT2D eigenvalue weighted by Gasteiger charge is 2.31. The fourth-order valence-corrected chi connectivity index (χ4v) is 32.0. The first-order valence-corrected chi connectivity index (χ1v) is 74.1. The Morgan fingerprint density at radius 3 is 0.898 bits per heavy atom. The van der Waals surface area contributed by atoms with Crippen molar-refractivity contribution in [1.29, 1.82) is 0 Å². The van der Waals surface area contributed by atoms with Crippen LogP contribution in [-0.4, -0.2) is 105 Å². The van der Waals surface area contributed by atoms with Gasteiger partial charge in [0.15, 0.2) is 0 Å². The predicted molar refractivity (Wildman–Crippen MR) is 641 cm³/mol. The number of rotatable bonds is 18. The zero-order valence-electron chi connectivity index (χ0n) is 82.0. The summed E-state index contributed by atoms with van der Waals surface area (Å²) in [7, 11) is 0. The summed E-state index contributed by atoms with van der Waals surface area (Å²) in [5.41, 5.74) is 17.6. The van der Waals surface area contributed by atoms with Crippen LogP contribution in [0.15, 0.2) is 152 Å². The molecule has 8 aliphatic heterocycles. The summed E-state index contributed by atoms with van der Waals surface area (Å²) in [6, 6.07) is 51.7. The van der Waals surface area contributed by atoms with Crippen LogP contribution in [0.2, 0.25) is 0 Å². The predicted octanol–water partition coefficient (Wildman–Crippen LogP) is 38.3. The second-order valence-electron chi connectivity index (χ2n) is 39.0. The summed E-state index contributed by atoms with van der Waals surface area (Å²) in [6.45, 7) is 35.4. The molecular weight excluding hydrogens is 2200 g/mol. The van der Waals surface area contributed by atoms with Gasteiger partial charge in [-0.3, -0.25) is 0 Å². The Hall–Kier alpha value is 0.170. The highest BCUT2D eigenvalue weighted by Crippen LogP contribution is 2.56. The van der Waals surface area contributed by atoms with Gasteiger partial charge in [0.05, 0.1) is 0 Å². The first-order valence-electron chi connectivity index (χ1n) is 48.9. The fraction of sp³-hybridized carbons (Fsp3) is 0.538. The molecule has 8 aromatic rings. The van der Waals surface area contributed by atoms with Crippen LogP contribution in [0.3, 0.4) is 0 Å². The molecule has 0 bridgehead atoms. The zero-order valence-corrected chi connectivity index (χ0v) is 101. The zero-order chi connectivity index (χ0) is 99.6. The van der Waals surface area contributed by atoms with E-state index in [1.54, 1.807) is 12.1 Å².